The van der Waals surface area contributed by atoms with Crippen LogP contribution in [0.5, 0.6) is 0 Å². The van der Waals surface area contributed by atoms with E-state index in [9.17, 15) is 4.79 Å². The number of hydrogen-bond donors (Lipinski definition) is 1. The smallest absolute Gasteiger partial charge is 0.252 e. The number of amides is 1. The quantitative estimate of drug-likeness (QED) is 0.796. The topological polar surface area (TPSA) is 42.0 Å². The second-order valence-electron chi connectivity index (χ2n) is 4.20. The predicted octanol–water partition coefficient (Wildman–Crippen LogP) is 3.80. The lowest BCUT2D eigenvalue weighted by atomic mass is 10.2. The number of thiophene rings is 1. The number of nitrogens with zero attached hydrogens (tertiary/aromatic N) is 1. The van der Waals surface area contributed by atoms with Gasteiger partial charge < -0.3 is 5.32 Å². The molecule has 0 bridgehead atoms. The van der Waals surface area contributed by atoms with Gasteiger partial charge in [-0.3, -0.25) is 4.79 Å². The molecule has 1 amide bonds. The standard InChI is InChI=1S/C15H12N2OS2/c18-14(12-6-7-19-9-12)16-8-13-10-20-15(17-13)11-4-2-1-3-5-11/h1-7,9-10H,8H2,(H,16,18). The molecule has 0 aliphatic rings. The average Bonchev–Trinajstić information content (AvgIpc) is 3.17. The van der Waals surface area contributed by atoms with Crippen molar-refractivity contribution in [1.29, 1.82) is 0 Å². The molecule has 0 aliphatic carbocycles. The van der Waals surface area contributed by atoms with Gasteiger partial charge in [0.2, 0.25) is 0 Å². The van der Waals surface area contributed by atoms with Gasteiger partial charge in [0.05, 0.1) is 12.2 Å². The van der Waals surface area contributed by atoms with E-state index in [2.05, 4.69) is 10.3 Å². The fraction of sp³-hybridized carbons (Fsp3) is 0.0667. The Hall–Kier alpha value is -1.98. The highest BCUT2D eigenvalue weighted by Gasteiger charge is 2.08. The van der Waals surface area contributed by atoms with E-state index in [1.807, 2.05) is 52.5 Å². The summed E-state index contributed by atoms with van der Waals surface area (Å²) >= 11 is 3.11. The van der Waals surface area contributed by atoms with Gasteiger partial charge in [0, 0.05) is 21.9 Å². The molecule has 0 saturated carbocycles. The van der Waals surface area contributed by atoms with E-state index in [-0.39, 0.29) is 5.91 Å². The normalized spacial score (nSPS) is 10.4. The molecule has 0 unspecified atom stereocenters. The van der Waals surface area contributed by atoms with Crippen LogP contribution in [0.15, 0.2) is 52.5 Å². The molecule has 0 aliphatic heterocycles. The fourth-order valence-electron chi connectivity index (χ4n) is 1.77. The first-order valence-corrected chi connectivity index (χ1v) is 7.95. The highest BCUT2D eigenvalue weighted by atomic mass is 32.1. The van der Waals surface area contributed by atoms with Gasteiger partial charge in [-0.05, 0) is 11.4 Å². The summed E-state index contributed by atoms with van der Waals surface area (Å²) in [5.41, 5.74) is 2.69. The zero-order valence-corrected chi connectivity index (χ0v) is 12.2. The van der Waals surface area contributed by atoms with Crippen molar-refractivity contribution >= 4 is 28.6 Å². The lowest BCUT2D eigenvalue weighted by molar-refractivity contribution is 0.0951. The van der Waals surface area contributed by atoms with Gasteiger partial charge in [0.25, 0.3) is 5.91 Å². The molecule has 1 aromatic carbocycles. The average molecular weight is 300 g/mol. The van der Waals surface area contributed by atoms with Crippen LogP contribution in [0.2, 0.25) is 0 Å². The Morgan fingerprint density at radius 2 is 2.00 bits per heavy atom. The number of nitrogens with one attached hydrogen (secondary N) is 1. The predicted molar refractivity (Wildman–Crippen MR) is 83.0 cm³/mol. The van der Waals surface area contributed by atoms with Crippen molar-refractivity contribution in [3.63, 3.8) is 0 Å². The Morgan fingerprint density at radius 3 is 2.75 bits per heavy atom. The van der Waals surface area contributed by atoms with Crippen molar-refractivity contribution in [3.05, 3.63) is 63.8 Å². The Kier molecular flexibility index (Phi) is 3.90. The maximum atomic E-state index is 11.8. The van der Waals surface area contributed by atoms with Gasteiger partial charge in [-0.25, -0.2) is 4.98 Å². The fourth-order valence-corrected chi connectivity index (χ4v) is 3.23. The zero-order valence-electron chi connectivity index (χ0n) is 10.6. The molecular weight excluding hydrogens is 288 g/mol. The maximum absolute atomic E-state index is 11.8. The summed E-state index contributed by atoms with van der Waals surface area (Å²) in [6.07, 6.45) is 0. The molecule has 0 radical (unpaired) electrons. The van der Waals surface area contributed by atoms with E-state index >= 15 is 0 Å². The first-order chi connectivity index (χ1) is 9.83. The van der Waals surface area contributed by atoms with Crippen LogP contribution in [0.4, 0.5) is 0 Å². The zero-order chi connectivity index (χ0) is 13.8. The number of aromatic nitrogens is 1. The van der Waals surface area contributed by atoms with Crippen LogP contribution in [0.1, 0.15) is 16.1 Å². The summed E-state index contributed by atoms with van der Waals surface area (Å²) in [6.45, 7) is 0.456. The molecule has 1 N–H and O–H groups in total. The van der Waals surface area contributed by atoms with Crippen molar-refractivity contribution < 1.29 is 4.79 Å². The number of carbonyl (C=O) groups is 1. The molecule has 3 rings (SSSR count). The van der Waals surface area contributed by atoms with Crippen LogP contribution >= 0.6 is 22.7 Å². The summed E-state index contributed by atoms with van der Waals surface area (Å²) in [7, 11) is 0. The molecule has 0 atom stereocenters. The van der Waals surface area contributed by atoms with E-state index in [1.165, 1.54) is 11.3 Å². The Bertz CT molecular complexity index is 690. The molecule has 3 nitrogen and oxygen atoms in total. The van der Waals surface area contributed by atoms with Crippen molar-refractivity contribution in [1.82, 2.24) is 10.3 Å². The molecule has 100 valence electrons. The molecule has 5 heteroatoms. The minimum atomic E-state index is -0.0551. The van der Waals surface area contributed by atoms with Crippen LogP contribution in [0, 0.1) is 0 Å². The van der Waals surface area contributed by atoms with Gasteiger partial charge >= 0.3 is 0 Å². The molecule has 20 heavy (non-hydrogen) atoms. The molecule has 0 saturated heterocycles. The van der Waals surface area contributed by atoms with E-state index < -0.39 is 0 Å². The van der Waals surface area contributed by atoms with Crippen molar-refractivity contribution in [2.45, 2.75) is 6.54 Å². The van der Waals surface area contributed by atoms with Crippen molar-refractivity contribution in [2.75, 3.05) is 0 Å². The van der Waals surface area contributed by atoms with Crippen LogP contribution in [0.3, 0.4) is 0 Å². The summed E-state index contributed by atoms with van der Waals surface area (Å²) in [4.78, 5) is 16.4. The molecule has 0 fully saturated rings. The summed E-state index contributed by atoms with van der Waals surface area (Å²) < 4.78 is 0. The third kappa shape index (κ3) is 2.95. The second-order valence-corrected chi connectivity index (χ2v) is 5.84. The lowest BCUT2D eigenvalue weighted by Crippen LogP contribution is -2.22. The minimum absolute atomic E-state index is 0.0551. The van der Waals surface area contributed by atoms with E-state index in [4.69, 9.17) is 0 Å². The first kappa shape index (κ1) is 13.0. The Morgan fingerprint density at radius 1 is 1.15 bits per heavy atom. The molecule has 0 spiro atoms. The molecular formula is C15H12N2OS2. The summed E-state index contributed by atoms with van der Waals surface area (Å²) in [5.74, 6) is -0.0551. The second kappa shape index (κ2) is 5.98. The maximum Gasteiger partial charge on any atom is 0.252 e. The van der Waals surface area contributed by atoms with Crippen molar-refractivity contribution in [3.8, 4) is 10.6 Å². The highest BCUT2D eigenvalue weighted by Crippen LogP contribution is 2.23. The third-order valence-corrected chi connectivity index (χ3v) is 4.41. The largest absolute Gasteiger partial charge is 0.346 e. The molecule has 2 heterocycles. The lowest BCUT2D eigenvalue weighted by Gasteiger charge is -2.00. The van der Waals surface area contributed by atoms with Gasteiger partial charge in [-0.1, -0.05) is 30.3 Å². The number of thiazole rings is 1. The Labute approximate surface area is 124 Å². The van der Waals surface area contributed by atoms with Crippen LogP contribution in [0.25, 0.3) is 10.6 Å². The molecule has 3 aromatic rings. The number of carbonyl (C=O) groups excluding carboxylic acids is 1. The van der Waals surface area contributed by atoms with Gasteiger partial charge in [-0.15, -0.1) is 11.3 Å². The van der Waals surface area contributed by atoms with Gasteiger partial charge in [0.15, 0.2) is 0 Å². The van der Waals surface area contributed by atoms with Gasteiger partial charge in [0.1, 0.15) is 5.01 Å². The van der Waals surface area contributed by atoms with Crippen LogP contribution in [-0.2, 0) is 6.54 Å². The summed E-state index contributed by atoms with van der Waals surface area (Å²) in [6, 6.07) is 11.9. The van der Waals surface area contributed by atoms with Crippen LogP contribution in [-0.4, -0.2) is 10.9 Å². The van der Waals surface area contributed by atoms with E-state index in [0.29, 0.717) is 12.1 Å². The van der Waals surface area contributed by atoms with E-state index in [1.54, 1.807) is 11.3 Å². The Balaban J connectivity index is 1.65. The number of rotatable bonds is 4. The van der Waals surface area contributed by atoms with Crippen molar-refractivity contribution in [2.24, 2.45) is 0 Å². The highest BCUT2D eigenvalue weighted by molar-refractivity contribution is 7.13. The summed E-state index contributed by atoms with van der Waals surface area (Å²) in [5, 5.41) is 9.57. The van der Waals surface area contributed by atoms with E-state index in [0.717, 1.165) is 16.3 Å². The van der Waals surface area contributed by atoms with Gasteiger partial charge in [-0.2, -0.15) is 11.3 Å². The third-order valence-electron chi connectivity index (χ3n) is 2.79. The number of hydrogen-bond acceptors (Lipinski definition) is 4. The first-order valence-electron chi connectivity index (χ1n) is 6.13. The minimum Gasteiger partial charge on any atom is -0.346 e. The van der Waals surface area contributed by atoms with Crippen LogP contribution < -0.4 is 5.32 Å². The monoisotopic (exact) mass is 300 g/mol. The number of benzene rings is 1. The molecule has 2 aromatic heterocycles. The SMILES string of the molecule is O=C(NCc1csc(-c2ccccc2)n1)c1ccsc1.